The smallest absolute Gasteiger partial charge is 0.319 e. The Labute approximate surface area is 481 Å². The number of hydrogen-bond donors (Lipinski definition) is 5. The van der Waals surface area contributed by atoms with Crippen LogP contribution < -0.4 is 25.0 Å². The molecule has 0 radical (unpaired) electrons. The molecule has 5 N–H and O–H groups in total. The minimum atomic E-state index is -1.09. The van der Waals surface area contributed by atoms with E-state index < -0.39 is 60.1 Å². The maximum Gasteiger partial charge on any atom is 0.319 e. The SMILES string of the molecule is C#Cc1c(F)ccc2cc(O)cc(-c3ncc4c(N5CC6CCC(C5)N6)nc(OC5CCOCC5)nc4c3OCc3ccc(-c4cn([C@H](C(=O)N5C[C@H](O)C[C@H]5C(=O)N[C@@H](CO)c5ccc(-c6cccc(F)c6F)cc5)C(C)C)nn4)cc3)c12. The Bertz CT molecular complexity index is 3820. The molecule has 4 saturated heterocycles. The summed E-state index contributed by atoms with van der Waals surface area (Å²) < 4.78 is 64.6. The molecule has 2 unspecified atom stereocenters. The highest BCUT2D eigenvalue weighted by Gasteiger charge is 2.43. The number of ether oxygens (including phenoxy) is 3. The van der Waals surface area contributed by atoms with E-state index in [9.17, 15) is 33.7 Å². The van der Waals surface area contributed by atoms with Crippen LogP contribution in [0.25, 0.3) is 55.3 Å². The van der Waals surface area contributed by atoms with E-state index in [1.165, 1.54) is 39.9 Å². The summed E-state index contributed by atoms with van der Waals surface area (Å²) in [6.45, 7) is 5.53. The quantitative estimate of drug-likeness (QED) is 0.0579. The summed E-state index contributed by atoms with van der Waals surface area (Å²) >= 11 is 0. The van der Waals surface area contributed by atoms with E-state index in [2.05, 4.69) is 31.8 Å². The molecule has 12 rings (SSSR count). The van der Waals surface area contributed by atoms with Crippen molar-refractivity contribution in [3.8, 4) is 63.5 Å². The Morgan fingerprint density at radius 2 is 1.65 bits per heavy atom. The van der Waals surface area contributed by atoms with Gasteiger partial charge in [0.05, 0.1) is 49.1 Å². The van der Waals surface area contributed by atoms with Gasteiger partial charge in [0.1, 0.15) is 59.1 Å². The summed E-state index contributed by atoms with van der Waals surface area (Å²) in [6, 6.07) is 21.2. The number of aromatic hydroxyl groups is 1. The molecule has 4 fully saturated rings. The fourth-order valence-corrected chi connectivity index (χ4v) is 12.1. The number of benzene rings is 5. The minimum Gasteiger partial charge on any atom is -0.508 e. The van der Waals surface area contributed by atoms with Gasteiger partial charge in [-0.3, -0.25) is 14.6 Å². The molecule has 5 aromatic carbocycles. The van der Waals surface area contributed by atoms with Crippen LogP contribution in [0.3, 0.4) is 0 Å². The normalized spacial score (nSPS) is 19.7. The number of likely N-dealkylation sites (tertiary alicyclic amines) is 1. The van der Waals surface area contributed by atoms with Crippen LogP contribution >= 0.6 is 0 Å². The number of amides is 2. The third kappa shape index (κ3) is 11.0. The molecule has 84 heavy (non-hydrogen) atoms. The van der Waals surface area contributed by atoms with Gasteiger partial charge in [0.2, 0.25) is 11.8 Å². The first-order valence-corrected chi connectivity index (χ1v) is 28.2. The van der Waals surface area contributed by atoms with Crippen molar-refractivity contribution in [3.63, 3.8) is 0 Å². The number of β-amino-alcohol motifs (C(OH)–C–C–N with tert-alkyl or cyclic N) is 1. The number of carbonyl (C=O) groups excluding carboxylic acids is 2. The molecule has 3 aromatic heterocycles. The second-order valence-electron chi connectivity index (χ2n) is 22.3. The fourth-order valence-electron chi connectivity index (χ4n) is 12.1. The predicted octanol–water partition coefficient (Wildman–Crippen LogP) is 7.96. The number of nitrogens with one attached hydrogen (secondary N) is 2. The van der Waals surface area contributed by atoms with Gasteiger partial charge >= 0.3 is 6.01 Å². The molecule has 7 heterocycles. The molecule has 4 aliphatic rings. The second-order valence-corrected chi connectivity index (χ2v) is 22.3. The molecule has 8 aromatic rings. The van der Waals surface area contributed by atoms with Gasteiger partial charge in [-0.15, -0.1) is 11.5 Å². The second kappa shape index (κ2) is 23.5. The summed E-state index contributed by atoms with van der Waals surface area (Å²) in [6.07, 6.45) is 11.4. The zero-order chi connectivity index (χ0) is 58.3. The molecule has 0 saturated carbocycles. The number of fused-ring (bicyclic) bond motifs is 4. The van der Waals surface area contributed by atoms with Crippen molar-refractivity contribution < 1.29 is 52.3 Å². The minimum absolute atomic E-state index is 0.00426. The number of piperazine rings is 1. The van der Waals surface area contributed by atoms with Crippen molar-refractivity contribution in [1.82, 2.24) is 45.5 Å². The van der Waals surface area contributed by atoms with Crippen molar-refractivity contribution in [2.24, 2.45) is 5.92 Å². The van der Waals surface area contributed by atoms with Crippen molar-refractivity contribution in [1.29, 1.82) is 0 Å². The van der Waals surface area contributed by atoms with Gasteiger partial charge in [0, 0.05) is 79.3 Å². The van der Waals surface area contributed by atoms with Gasteiger partial charge in [0.15, 0.2) is 17.4 Å². The largest absolute Gasteiger partial charge is 0.508 e. The Morgan fingerprint density at radius 1 is 0.905 bits per heavy atom. The van der Waals surface area contributed by atoms with E-state index in [4.69, 9.17) is 35.6 Å². The van der Waals surface area contributed by atoms with Gasteiger partial charge in [-0.2, -0.15) is 9.97 Å². The number of halogens is 3. The Balaban J connectivity index is 0.814. The van der Waals surface area contributed by atoms with Crippen molar-refractivity contribution in [3.05, 3.63) is 138 Å². The number of rotatable bonds is 16. The molecular formula is C63H61F3N10O8. The number of aliphatic hydroxyl groups excluding tert-OH is 2. The highest BCUT2D eigenvalue weighted by atomic mass is 19.2. The molecule has 18 nitrogen and oxygen atoms in total. The summed E-state index contributed by atoms with van der Waals surface area (Å²) in [7, 11) is 0. The van der Waals surface area contributed by atoms with Crippen molar-refractivity contribution in [2.75, 3.05) is 44.4 Å². The van der Waals surface area contributed by atoms with E-state index in [0.717, 1.165) is 24.5 Å². The average Bonchev–Trinajstić information content (AvgIpc) is 3.89. The van der Waals surface area contributed by atoms with Gasteiger partial charge in [-0.25, -0.2) is 17.9 Å². The van der Waals surface area contributed by atoms with Gasteiger partial charge in [-0.1, -0.05) is 91.7 Å². The third-order valence-electron chi connectivity index (χ3n) is 16.3. The summed E-state index contributed by atoms with van der Waals surface area (Å²) in [5.41, 5.74) is 3.75. The predicted molar refractivity (Wildman–Crippen MR) is 306 cm³/mol. The molecule has 0 aliphatic carbocycles. The average molecular weight is 1140 g/mol. The third-order valence-corrected chi connectivity index (χ3v) is 16.3. The van der Waals surface area contributed by atoms with Gasteiger partial charge in [-0.05, 0) is 65.1 Å². The number of terminal acetylenes is 1. The number of aliphatic hydroxyl groups is 2. The molecule has 0 spiro atoms. The lowest BCUT2D eigenvalue weighted by Gasteiger charge is -2.34. The zero-order valence-corrected chi connectivity index (χ0v) is 46.1. The van der Waals surface area contributed by atoms with Crippen LogP contribution in [0.2, 0.25) is 0 Å². The van der Waals surface area contributed by atoms with Crippen LogP contribution in [0, 0.1) is 35.7 Å². The zero-order valence-electron chi connectivity index (χ0n) is 46.1. The first-order chi connectivity index (χ1) is 40.7. The Hall–Kier alpha value is -8.68. The number of aromatic nitrogens is 6. The van der Waals surface area contributed by atoms with Crippen molar-refractivity contribution in [2.45, 2.75) is 95.0 Å². The van der Waals surface area contributed by atoms with Gasteiger partial charge < -0.3 is 50.0 Å². The van der Waals surface area contributed by atoms with E-state index >= 15 is 4.39 Å². The number of anilines is 1. The lowest BCUT2D eigenvalue weighted by atomic mass is 9.95. The van der Waals surface area contributed by atoms with E-state index in [-0.39, 0.29) is 78.0 Å². The van der Waals surface area contributed by atoms with Crippen LogP contribution in [0.4, 0.5) is 19.0 Å². The molecule has 4 aliphatic heterocycles. The lowest BCUT2D eigenvalue weighted by molar-refractivity contribution is -0.142. The first kappa shape index (κ1) is 55.8. The Morgan fingerprint density at radius 3 is 2.38 bits per heavy atom. The topological polar surface area (TPSA) is 222 Å². The van der Waals surface area contributed by atoms with E-state index in [1.54, 1.807) is 42.7 Å². The maximum absolute atomic E-state index is 15.6. The fraction of sp³-hybridized carbons (Fsp3) is 0.349. The standard InChI is InChI=1S/C63H61F3N10O8/c1-4-45-49(64)19-16-39-24-42(78)25-47(54(39)45)56-59(57-48(27-67-56)60(74-28-40-17-18-41(29-74)68-40)71-63(70-57)84-44-20-22-82-23-21-44)83-33-35-8-10-37(11-9-35)51-31-76(73-72-51)58(34(2)3)62(81)75-30-43(79)26-53(75)61(80)69-52(32-77)38-14-12-36(13-15-38)46-6-5-7-50(65)55(46)66/h1,5-16,19,24-25,27,31,34,40-41,43-44,52-53,58,68,77-79H,17-18,20-23,26,28-30,32-33H2,2-3H3,(H,69,80)/t40?,41?,43-,52+,53+,58+/m1/s1. The molecule has 21 heteroatoms. The summed E-state index contributed by atoms with van der Waals surface area (Å²) in [4.78, 5) is 47.3. The number of hydrogen-bond acceptors (Lipinski definition) is 15. The summed E-state index contributed by atoms with van der Waals surface area (Å²) in [5, 5.41) is 49.3. The van der Waals surface area contributed by atoms with E-state index in [1.807, 2.05) is 38.1 Å². The number of nitrogens with zero attached hydrogens (tertiary/aromatic N) is 8. The summed E-state index contributed by atoms with van der Waals surface area (Å²) in [5.74, 6) is -0.719. The molecule has 6 atom stereocenters. The Kier molecular flexibility index (Phi) is 15.6. The van der Waals surface area contributed by atoms with Crippen LogP contribution in [-0.4, -0.2) is 132 Å². The monoisotopic (exact) mass is 1140 g/mol. The van der Waals surface area contributed by atoms with Gasteiger partial charge in [0.25, 0.3) is 0 Å². The van der Waals surface area contributed by atoms with Crippen LogP contribution in [-0.2, 0) is 20.9 Å². The molecule has 432 valence electrons. The first-order valence-electron chi connectivity index (χ1n) is 28.2. The molecule has 2 amide bonds. The molecule has 2 bridgehead atoms. The number of carbonyl (C=O) groups is 2. The van der Waals surface area contributed by atoms with Crippen LogP contribution in [0.1, 0.15) is 74.7 Å². The highest BCUT2D eigenvalue weighted by Crippen LogP contribution is 2.44. The number of phenols is 1. The van der Waals surface area contributed by atoms with Crippen LogP contribution in [0.15, 0.2) is 103 Å². The van der Waals surface area contributed by atoms with Crippen molar-refractivity contribution >= 4 is 39.3 Å². The number of pyridine rings is 1. The maximum atomic E-state index is 15.6. The molecular weight excluding hydrogens is 1080 g/mol. The van der Waals surface area contributed by atoms with Crippen LogP contribution in [0.5, 0.6) is 17.5 Å². The number of phenolic OH excluding ortho intramolecular Hbond substituents is 1. The highest BCUT2D eigenvalue weighted by molar-refractivity contribution is 6.05. The van der Waals surface area contributed by atoms with E-state index in [0.29, 0.717) is 94.6 Å². The lowest BCUT2D eigenvalue weighted by Crippen LogP contribution is -2.51.